The van der Waals surface area contributed by atoms with Crippen molar-refractivity contribution in [2.45, 2.75) is 45.3 Å². The van der Waals surface area contributed by atoms with Crippen molar-refractivity contribution in [3.63, 3.8) is 0 Å². The van der Waals surface area contributed by atoms with E-state index >= 15 is 0 Å². The molecule has 0 spiro atoms. The van der Waals surface area contributed by atoms with Crippen LogP contribution in [0.15, 0.2) is 36.4 Å². The zero-order valence-electron chi connectivity index (χ0n) is 18.5. The minimum Gasteiger partial charge on any atom is -0.496 e. The third-order valence-corrected chi connectivity index (χ3v) is 4.71. The van der Waals surface area contributed by atoms with E-state index < -0.39 is 46.8 Å². The van der Waals surface area contributed by atoms with Crippen molar-refractivity contribution in [2.24, 2.45) is 5.92 Å². The number of nitrogens with one attached hydrogen (secondary N) is 1. The predicted octanol–water partition coefficient (Wildman–Crippen LogP) is 5.71. The van der Waals surface area contributed by atoms with Crippen LogP contribution in [-0.2, 0) is 23.7 Å². The van der Waals surface area contributed by atoms with Crippen LogP contribution in [0.3, 0.4) is 0 Å². The molecule has 0 fully saturated rings. The molecule has 0 saturated carbocycles. The summed E-state index contributed by atoms with van der Waals surface area (Å²) in [6.45, 7) is 3.40. The first kappa shape index (κ1) is 26.8. The number of hydrogen-bond acceptors (Lipinski definition) is 4. The fourth-order valence-electron chi connectivity index (χ4n) is 3.11. The number of carbonyl (C=O) groups is 1. The van der Waals surface area contributed by atoms with Gasteiger partial charge >= 0.3 is 12.4 Å². The molecule has 0 aromatic heterocycles. The average molecular weight is 488 g/mol. The van der Waals surface area contributed by atoms with Crippen molar-refractivity contribution in [3.05, 3.63) is 58.7 Å². The van der Waals surface area contributed by atoms with Crippen LogP contribution in [0.1, 0.15) is 42.5 Å². The molecule has 184 valence electrons. The van der Waals surface area contributed by atoms with Gasteiger partial charge in [-0.2, -0.15) is 31.6 Å². The van der Waals surface area contributed by atoms with Gasteiger partial charge in [0, 0.05) is 6.54 Å². The summed E-state index contributed by atoms with van der Waals surface area (Å²) >= 11 is 0. The largest absolute Gasteiger partial charge is 0.496 e. The summed E-state index contributed by atoms with van der Waals surface area (Å²) in [6, 6.07) is 7.38. The third-order valence-electron chi connectivity index (χ3n) is 4.71. The Morgan fingerprint density at radius 2 is 1.68 bits per heavy atom. The van der Waals surface area contributed by atoms with Gasteiger partial charge in [0.2, 0.25) is 0 Å². The maximum absolute atomic E-state index is 13.2. The topological polar surface area (TPSA) is 71.3 Å². The zero-order valence-corrected chi connectivity index (χ0v) is 18.5. The number of carbonyl (C=O) groups excluding carboxylic acids is 1. The number of rotatable bonds is 8. The molecule has 0 aliphatic carbocycles. The van der Waals surface area contributed by atoms with Gasteiger partial charge in [-0.05, 0) is 48.2 Å². The Bertz CT molecular complexity index is 1060. The highest BCUT2D eigenvalue weighted by atomic mass is 19.4. The Hall–Kier alpha value is -3.42. The highest BCUT2D eigenvalue weighted by molar-refractivity contribution is 5.81. The molecule has 5 nitrogen and oxygen atoms in total. The molecular formula is C23H22F6N2O3. The van der Waals surface area contributed by atoms with E-state index in [1.54, 1.807) is 13.8 Å². The number of hydrogen-bond donors (Lipinski definition) is 1. The molecule has 1 atom stereocenters. The molecule has 1 N–H and O–H groups in total. The lowest BCUT2D eigenvalue weighted by molar-refractivity contribution is -0.139. The quantitative estimate of drug-likeness (QED) is 0.483. The fraction of sp³-hybridized carbons (Fsp3) is 0.391. The Morgan fingerprint density at radius 1 is 1.03 bits per heavy atom. The summed E-state index contributed by atoms with van der Waals surface area (Å²) in [7, 11) is 1.09. The van der Waals surface area contributed by atoms with E-state index in [4.69, 9.17) is 14.7 Å². The van der Waals surface area contributed by atoms with Crippen molar-refractivity contribution >= 4 is 5.91 Å². The van der Waals surface area contributed by atoms with E-state index in [0.29, 0.717) is 11.6 Å². The van der Waals surface area contributed by atoms with Crippen LogP contribution in [0.2, 0.25) is 0 Å². The molecule has 0 saturated heterocycles. The molecule has 1 amide bonds. The second kappa shape index (κ2) is 10.7. The Kier molecular flexibility index (Phi) is 8.42. The molecular weight excluding hydrogens is 466 g/mol. The molecule has 0 radical (unpaired) electrons. The number of ether oxygens (including phenoxy) is 2. The van der Waals surface area contributed by atoms with Gasteiger partial charge in [0.1, 0.15) is 11.5 Å². The SMILES string of the molecule is COc1cc(CNC(=O)C(CC(C)C)Oc2ccc(C#N)c(C(F)(F)F)c2)ccc1C(F)(F)F. The molecule has 0 bridgehead atoms. The monoisotopic (exact) mass is 488 g/mol. The van der Waals surface area contributed by atoms with Gasteiger partial charge in [0.05, 0.1) is 29.9 Å². The predicted molar refractivity (Wildman–Crippen MR) is 110 cm³/mol. The Labute approximate surface area is 192 Å². The summed E-state index contributed by atoms with van der Waals surface area (Å²) in [5, 5.41) is 11.4. The summed E-state index contributed by atoms with van der Waals surface area (Å²) in [5.41, 5.74) is -2.42. The molecule has 0 heterocycles. The van der Waals surface area contributed by atoms with Crippen LogP contribution in [0.5, 0.6) is 11.5 Å². The first-order valence-electron chi connectivity index (χ1n) is 10.1. The van der Waals surface area contributed by atoms with Crippen LogP contribution in [-0.4, -0.2) is 19.1 Å². The number of alkyl halides is 6. The first-order chi connectivity index (χ1) is 15.8. The summed E-state index contributed by atoms with van der Waals surface area (Å²) in [6.07, 6.45) is -10.4. The highest BCUT2D eigenvalue weighted by Gasteiger charge is 2.35. The number of methoxy groups -OCH3 is 1. The minimum atomic E-state index is -4.79. The van der Waals surface area contributed by atoms with Gasteiger partial charge in [0.25, 0.3) is 5.91 Å². The Balaban J connectivity index is 2.20. The lowest BCUT2D eigenvalue weighted by atomic mass is 10.0. The molecule has 0 aliphatic heterocycles. The van der Waals surface area contributed by atoms with E-state index in [2.05, 4.69) is 5.32 Å². The summed E-state index contributed by atoms with van der Waals surface area (Å²) in [5.74, 6) is -1.39. The van der Waals surface area contributed by atoms with Gasteiger partial charge < -0.3 is 14.8 Å². The molecule has 0 aliphatic rings. The van der Waals surface area contributed by atoms with Gasteiger partial charge in [0.15, 0.2) is 6.10 Å². The summed E-state index contributed by atoms with van der Waals surface area (Å²) in [4.78, 5) is 12.7. The Morgan fingerprint density at radius 3 is 2.21 bits per heavy atom. The molecule has 2 aromatic carbocycles. The second-order valence-corrected chi connectivity index (χ2v) is 7.80. The number of amides is 1. The van der Waals surface area contributed by atoms with Crippen LogP contribution >= 0.6 is 0 Å². The van der Waals surface area contributed by atoms with Gasteiger partial charge in [-0.1, -0.05) is 19.9 Å². The van der Waals surface area contributed by atoms with Gasteiger partial charge in [-0.3, -0.25) is 4.79 Å². The number of halogens is 6. The smallest absolute Gasteiger partial charge is 0.419 e. The van der Waals surface area contributed by atoms with E-state index in [9.17, 15) is 31.1 Å². The average Bonchev–Trinajstić information content (AvgIpc) is 2.75. The van der Waals surface area contributed by atoms with E-state index in [1.165, 1.54) is 12.1 Å². The third kappa shape index (κ3) is 7.04. The van der Waals surface area contributed by atoms with Crippen molar-refractivity contribution in [1.82, 2.24) is 5.32 Å². The van der Waals surface area contributed by atoms with Crippen LogP contribution < -0.4 is 14.8 Å². The maximum Gasteiger partial charge on any atom is 0.419 e. The number of nitriles is 1. The fourth-order valence-corrected chi connectivity index (χ4v) is 3.11. The second-order valence-electron chi connectivity index (χ2n) is 7.80. The zero-order chi connectivity index (χ0) is 25.7. The molecule has 2 aromatic rings. The van der Waals surface area contributed by atoms with Crippen LogP contribution in [0.25, 0.3) is 0 Å². The normalized spacial score (nSPS) is 12.7. The van der Waals surface area contributed by atoms with Gasteiger partial charge in [-0.25, -0.2) is 0 Å². The maximum atomic E-state index is 13.2. The minimum absolute atomic E-state index is 0.0672. The van der Waals surface area contributed by atoms with Crippen molar-refractivity contribution in [1.29, 1.82) is 5.26 Å². The van der Waals surface area contributed by atoms with Crippen molar-refractivity contribution < 1.29 is 40.6 Å². The highest BCUT2D eigenvalue weighted by Crippen LogP contribution is 2.37. The lowest BCUT2D eigenvalue weighted by Crippen LogP contribution is -2.39. The molecule has 34 heavy (non-hydrogen) atoms. The van der Waals surface area contributed by atoms with E-state index in [-0.39, 0.29) is 24.6 Å². The van der Waals surface area contributed by atoms with Crippen LogP contribution in [0, 0.1) is 17.2 Å². The number of nitrogens with zero attached hydrogens (tertiary/aromatic N) is 1. The van der Waals surface area contributed by atoms with E-state index in [0.717, 1.165) is 31.4 Å². The summed E-state index contributed by atoms with van der Waals surface area (Å²) < 4.78 is 89.0. The molecule has 11 heteroatoms. The van der Waals surface area contributed by atoms with E-state index in [1.807, 2.05) is 0 Å². The lowest BCUT2D eigenvalue weighted by Gasteiger charge is -2.21. The van der Waals surface area contributed by atoms with Crippen molar-refractivity contribution in [2.75, 3.05) is 7.11 Å². The standard InChI is InChI=1S/C23H22F6N2O3/c1-13(2)8-20(34-16-6-5-15(11-30)18(10-16)23(27,28)29)21(32)31-12-14-4-7-17(22(24,25)26)19(9-14)33-3/h4-7,9-10,13,20H,8,12H2,1-3H3,(H,31,32). The van der Waals surface area contributed by atoms with Gasteiger partial charge in [-0.15, -0.1) is 0 Å². The van der Waals surface area contributed by atoms with Crippen LogP contribution in [0.4, 0.5) is 26.3 Å². The molecule has 1 unspecified atom stereocenters. The molecule has 2 rings (SSSR count). The van der Waals surface area contributed by atoms with Crippen molar-refractivity contribution in [3.8, 4) is 17.6 Å². The number of benzene rings is 2. The first-order valence-corrected chi connectivity index (χ1v) is 10.1.